The third-order valence-corrected chi connectivity index (χ3v) is 15.9. The summed E-state index contributed by atoms with van der Waals surface area (Å²) < 4.78 is 68.3. The Hall–Kier alpha value is -11.7. The highest BCUT2D eigenvalue weighted by Crippen LogP contribution is 2.38. The van der Waals surface area contributed by atoms with Crippen molar-refractivity contribution in [3.8, 4) is 68.3 Å². The third kappa shape index (κ3) is 18.6. The average molecular weight is 1380 g/mol. The summed E-state index contributed by atoms with van der Waals surface area (Å²) in [5.74, 6) is 3.84. The Bertz CT molecular complexity index is 4700. The zero-order chi connectivity index (χ0) is 71.5. The second-order valence-corrected chi connectivity index (χ2v) is 23.0. The third-order valence-electron chi connectivity index (χ3n) is 15.9. The van der Waals surface area contributed by atoms with Gasteiger partial charge in [-0.2, -0.15) is 15.3 Å². The van der Waals surface area contributed by atoms with Gasteiger partial charge in [0.2, 0.25) is 0 Å². The number of aliphatic hydroxyl groups is 1. The smallest absolute Gasteiger partial charge is 0.250 e. The molecule has 0 bridgehead atoms. The van der Waals surface area contributed by atoms with E-state index in [1.54, 1.807) is 113 Å². The van der Waals surface area contributed by atoms with Crippen molar-refractivity contribution in [1.82, 2.24) is 69.9 Å². The van der Waals surface area contributed by atoms with E-state index in [-0.39, 0.29) is 19.7 Å². The van der Waals surface area contributed by atoms with E-state index in [0.717, 1.165) is 84.3 Å². The summed E-state index contributed by atoms with van der Waals surface area (Å²) in [6.07, 6.45) is 13.1. The predicted octanol–water partition coefficient (Wildman–Crippen LogP) is 10.5. The lowest BCUT2D eigenvalue weighted by atomic mass is 10.1. The number of nitrogens with zero attached hydrogens (tertiary/aromatic N) is 16. The van der Waals surface area contributed by atoms with Crippen LogP contribution < -0.4 is 53.8 Å². The van der Waals surface area contributed by atoms with Gasteiger partial charge in [-0.1, -0.05) is 5.16 Å². The first-order valence-electron chi connectivity index (χ1n) is 31.8. The van der Waals surface area contributed by atoms with Gasteiger partial charge in [0.05, 0.1) is 162 Å². The summed E-state index contributed by atoms with van der Waals surface area (Å²) in [5.41, 5.74) is 14.7. The molecule has 12 aromatic rings. The number of ether oxygens (including phenoxy) is 7. The first-order valence-corrected chi connectivity index (χ1v) is 31.8. The zero-order valence-electron chi connectivity index (χ0n) is 57.9. The van der Waals surface area contributed by atoms with E-state index in [9.17, 15) is 19.1 Å². The van der Waals surface area contributed by atoms with Crippen LogP contribution in [0.15, 0.2) is 170 Å². The largest absolute Gasteiger partial charge is 0.497 e. The second-order valence-electron chi connectivity index (χ2n) is 23.0. The van der Waals surface area contributed by atoms with Crippen LogP contribution in [0.3, 0.4) is 0 Å². The fourth-order valence-corrected chi connectivity index (χ4v) is 10.9. The Morgan fingerprint density at radius 2 is 0.842 bits per heavy atom. The number of aromatic nitrogens is 12. The van der Waals surface area contributed by atoms with Crippen molar-refractivity contribution in [3.05, 3.63) is 165 Å². The first-order chi connectivity index (χ1) is 49.0. The van der Waals surface area contributed by atoms with Gasteiger partial charge in [0, 0.05) is 172 Å². The fraction of sp³-hybridized carbons (Fsp3) is 0.278. The molecular formula is C72H80F2N18O9. The van der Waals surface area contributed by atoms with Gasteiger partial charge < -0.3 is 68.8 Å². The number of benzene rings is 6. The number of rotatable bonds is 28. The van der Waals surface area contributed by atoms with E-state index in [4.69, 9.17) is 48.1 Å². The number of halogens is 2. The lowest BCUT2D eigenvalue weighted by Crippen LogP contribution is -2.35. The minimum absolute atomic E-state index is 0.173. The molecule has 101 heavy (non-hydrogen) atoms. The highest BCUT2D eigenvalue weighted by molar-refractivity contribution is 5.93. The number of methoxy groups -OCH3 is 7. The molecule has 0 amide bonds. The van der Waals surface area contributed by atoms with Crippen LogP contribution >= 0.6 is 0 Å². The summed E-state index contributed by atoms with van der Waals surface area (Å²) in [6.45, 7) is 1.67. The van der Waals surface area contributed by atoms with Gasteiger partial charge >= 0.3 is 0 Å². The van der Waals surface area contributed by atoms with Crippen LogP contribution in [-0.2, 0) is 25.9 Å². The molecule has 29 heteroatoms. The number of alkyl halides is 2. The van der Waals surface area contributed by atoms with Gasteiger partial charge in [0.15, 0.2) is 0 Å². The van der Waals surface area contributed by atoms with Gasteiger partial charge in [0.1, 0.15) is 40.2 Å². The van der Waals surface area contributed by atoms with Crippen LogP contribution in [0.2, 0.25) is 0 Å². The second kappa shape index (κ2) is 34.2. The molecule has 0 fully saturated rings. The number of nitrogens with one attached hydrogen (secondary N) is 2. The molecule has 27 nitrogen and oxygen atoms in total. The molecule has 0 aliphatic carbocycles. The Balaban J connectivity index is 0.000000163. The molecule has 0 unspecified atom stereocenters. The summed E-state index contributed by atoms with van der Waals surface area (Å²) in [6, 6.07) is 34.1. The van der Waals surface area contributed by atoms with Gasteiger partial charge in [0.25, 0.3) is 6.43 Å². The van der Waals surface area contributed by atoms with Crippen LogP contribution in [0.5, 0.6) is 34.5 Å². The SMILES string of the molecule is CNC[C@H](O)CN(c1cc(OC)cc(OC)c1)c1ccc2ncc(-c3cnn(C)c3)nc2c1.COC/C(CN(c1cc(OC)cc(OC)c1)c1ccc2ncc(-c3cnn(C)c3)nc2c1)=N/O.COc1cc(OC)cc(N(CCNCC(F)F)c2ccc3ncc(-c4cnn(C)c4)nc3c2)c1. The number of hydrogen-bond donors (Lipinski definition) is 4. The number of anilines is 6. The van der Waals surface area contributed by atoms with Crippen LogP contribution in [-0.4, -0.2) is 190 Å². The van der Waals surface area contributed by atoms with Gasteiger partial charge in [-0.05, 0) is 61.6 Å². The number of likely N-dealkylation sites (N-methyl/N-ethyl adjacent to an activating group) is 1. The molecule has 1 atom stereocenters. The van der Waals surface area contributed by atoms with E-state index >= 15 is 0 Å². The maximum absolute atomic E-state index is 12.6. The minimum atomic E-state index is -2.41. The molecule has 526 valence electrons. The molecule has 0 saturated heterocycles. The molecule has 4 N–H and O–H groups in total. The monoisotopic (exact) mass is 1380 g/mol. The summed E-state index contributed by atoms with van der Waals surface area (Å²) in [4.78, 5) is 34.0. The Labute approximate surface area is 582 Å². The van der Waals surface area contributed by atoms with Crippen LogP contribution in [0, 0.1) is 0 Å². The van der Waals surface area contributed by atoms with Crippen molar-refractivity contribution >= 4 is 72.9 Å². The lowest BCUT2D eigenvalue weighted by molar-refractivity contribution is 0.146. The Kier molecular flexibility index (Phi) is 24.4. The van der Waals surface area contributed by atoms with Crippen LogP contribution in [0.4, 0.5) is 42.9 Å². The molecule has 6 aromatic heterocycles. The van der Waals surface area contributed by atoms with E-state index in [2.05, 4.69) is 46.0 Å². The number of aliphatic hydroxyl groups excluding tert-OH is 1. The van der Waals surface area contributed by atoms with Crippen LogP contribution in [0.1, 0.15) is 0 Å². The van der Waals surface area contributed by atoms with Crippen molar-refractivity contribution in [1.29, 1.82) is 0 Å². The maximum atomic E-state index is 12.6. The first kappa shape index (κ1) is 72.1. The summed E-state index contributed by atoms with van der Waals surface area (Å²) >= 11 is 0. The number of aryl methyl sites for hydroxylation is 3. The van der Waals surface area contributed by atoms with Gasteiger partial charge in [-0.15, -0.1) is 0 Å². The van der Waals surface area contributed by atoms with Gasteiger partial charge in [-0.25, -0.2) is 23.7 Å². The average Bonchev–Trinajstić information content (AvgIpc) is 1.64. The number of fused-ring (bicyclic) bond motifs is 3. The van der Waals surface area contributed by atoms with E-state index in [0.29, 0.717) is 83.1 Å². The van der Waals surface area contributed by atoms with Crippen molar-refractivity contribution in [3.63, 3.8) is 0 Å². The minimum Gasteiger partial charge on any atom is -0.497 e. The molecule has 0 aliphatic heterocycles. The Morgan fingerprint density at radius 3 is 1.18 bits per heavy atom. The topological polar surface area (TPSA) is 282 Å². The highest BCUT2D eigenvalue weighted by Gasteiger charge is 2.22. The summed E-state index contributed by atoms with van der Waals surface area (Å²) in [7, 11) is 18.5. The zero-order valence-corrected chi connectivity index (χ0v) is 57.9. The molecule has 0 spiro atoms. The highest BCUT2D eigenvalue weighted by atomic mass is 19.3. The molecular weight excluding hydrogens is 1300 g/mol. The van der Waals surface area contributed by atoms with Gasteiger partial charge in [-0.3, -0.25) is 29.0 Å². The molecule has 0 radical (unpaired) electrons. The fourth-order valence-electron chi connectivity index (χ4n) is 10.9. The van der Waals surface area contributed by atoms with Crippen molar-refractivity contribution in [2.75, 3.05) is 117 Å². The normalized spacial score (nSPS) is 11.6. The lowest BCUT2D eigenvalue weighted by Gasteiger charge is -2.28. The van der Waals surface area contributed by atoms with Crippen molar-refractivity contribution in [2.45, 2.75) is 12.5 Å². The van der Waals surface area contributed by atoms with Crippen LogP contribution in [0.25, 0.3) is 66.9 Å². The molecule has 6 aromatic carbocycles. The molecule has 0 aliphatic rings. The summed E-state index contributed by atoms with van der Waals surface area (Å²) in [5, 5.41) is 42.0. The van der Waals surface area contributed by atoms with E-state index in [1.165, 1.54) is 0 Å². The molecule has 6 heterocycles. The van der Waals surface area contributed by atoms with Crippen molar-refractivity contribution in [2.24, 2.45) is 26.3 Å². The Morgan fingerprint density at radius 1 is 0.475 bits per heavy atom. The molecule has 12 rings (SSSR count). The van der Waals surface area contributed by atoms with Crippen molar-refractivity contribution < 1.29 is 52.3 Å². The standard InChI is InChI=1S/C24H26F2N6O2.C24H26N6O4.C24H28N6O3/c1-31-15-16(12-29-31)23-13-28-21-5-4-17(10-22(21)30-23)32(7-6-27-14-24(25)26)18-8-19(33-2)11-20(9-18)34-3;1-29-13-16(11-26-29)24-12-25-22-6-5-18(9-23(22)27-24)30(14-17(28-31)15-32-2)19-7-20(33-3)10-21(8-19)34-4;1-25-12-19(31)15-30(18-7-20(32-3)10-21(8-18)33-4)17-5-6-22-23(9-17)28-24(13-26-22)16-11-27-29(2)14-16/h4-5,8-13,15,24,27H,6-7,14H2,1-3H3;5-13,31H,14-15H2,1-4H3;5-11,13-14,19,25,31H,12,15H2,1-4H3/b;28-17+;/t;;19-/m..0/s1. The predicted molar refractivity (Wildman–Crippen MR) is 385 cm³/mol. The molecule has 0 saturated carbocycles. The maximum Gasteiger partial charge on any atom is 0.250 e. The number of hydrogen-bond acceptors (Lipinski definition) is 24. The quantitative estimate of drug-likeness (QED) is 0.0153. The van der Waals surface area contributed by atoms with E-state index in [1.807, 2.05) is 159 Å². The number of oxime groups is 1. The van der Waals surface area contributed by atoms with E-state index < -0.39 is 12.5 Å².